The van der Waals surface area contributed by atoms with Crippen LogP contribution in [0.5, 0.6) is 0 Å². The molecule has 0 saturated carbocycles. The molecule has 0 spiro atoms. The number of nitrogens with zero attached hydrogens (tertiary/aromatic N) is 3. The predicted molar refractivity (Wildman–Crippen MR) is 160 cm³/mol. The van der Waals surface area contributed by atoms with E-state index in [4.69, 9.17) is 5.10 Å². The molecule has 0 fully saturated rings. The van der Waals surface area contributed by atoms with Gasteiger partial charge in [0.15, 0.2) is 0 Å². The van der Waals surface area contributed by atoms with E-state index in [1.54, 1.807) is 0 Å². The van der Waals surface area contributed by atoms with Crippen molar-refractivity contribution in [2.75, 3.05) is 49.2 Å². The highest BCUT2D eigenvalue weighted by Crippen LogP contribution is 2.16. The predicted octanol–water partition coefficient (Wildman–Crippen LogP) is 6.58. The van der Waals surface area contributed by atoms with E-state index in [2.05, 4.69) is 123 Å². The van der Waals surface area contributed by atoms with Crippen LogP contribution in [-0.4, -0.2) is 90.2 Å². The van der Waals surface area contributed by atoms with Crippen LogP contribution in [0.3, 0.4) is 0 Å². The Morgan fingerprint density at radius 1 is 0.636 bits per heavy atom. The quantitative estimate of drug-likeness (QED) is 0.202. The highest BCUT2D eigenvalue weighted by Gasteiger charge is 2.13. The van der Waals surface area contributed by atoms with E-state index < -0.39 is 0 Å². The van der Waals surface area contributed by atoms with E-state index in [1.807, 2.05) is 0 Å². The number of rotatable bonds is 20. The maximum absolute atomic E-state index is 4.70. The molecule has 1 aromatic heterocycles. The van der Waals surface area contributed by atoms with Crippen molar-refractivity contribution in [1.82, 2.24) is 20.0 Å². The lowest BCUT2D eigenvalue weighted by atomic mass is 10.3. The first-order valence-electron chi connectivity index (χ1n) is 12.6. The standard InChI is InChI=1S/C25H50N4S4/c1-20(2)30-13-9-28(10-14-31-21(3)4)18-24-17-25(27-26-24)19-29(11-15-32-22(5)6)12-16-33-23(7)8/h17,20-23H,9-16,18-19H2,1-8H3,(H,26,27). The van der Waals surface area contributed by atoms with Crippen LogP contribution in [0.15, 0.2) is 6.07 Å². The molecule has 1 N–H and O–H groups in total. The van der Waals surface area contributed by atoms with Gasteiger partial charge in [-0.2, -0.15) is 52.1 Å². The van der Waals surface area contributed by atoms with Crippen LogP contribution in [0.25, 0.3) is 0 Å². The summed E-state index contributed by atoms with van der Waals surface area (Å²) in [5.41, 5.74) is 2.43. The number of hydrogen-bond acceptors (Lipinski definition) is 7. The molecule has 1 heterocycles. The maximum atomic E-state index is 4.70. The number of aromatic amines is 1. The lowest BCUT2D eigenvalue weighted by Gasteiger charge is -2.22. The van der Waals surface area contributed by atoms with Gasteiger partial charge in [0, 0.05) is 68.0 Å². The highest BCUT2D eigenvalue weighted by atomic mass is 32.2. The summed E-state index contributed by atoms with van der Waals surface area (Å²) in [4.78, 5) is 5.18. The fraction of sp³-hybridized carbons (Fsp3) is 0.880. The molecule has 194 valence electrons. The summed E-state index contributed by atoms with van der Waals surface area (Å²) in [5, 5.41) is 10.8. The van der Waals surface area contributed by atoms with Gasteiger partial charge in [0.05, 0.1) is 5.69 Å². The molecular weight excluding hydrogens is 485 g/mol. The average molecular weight is 535 g/mol. The van der Waals surface area contributed by atoms with E-state index in [9.17, 15) is 0 Å². The van der Waals surface area contributed by atoms with Crippen LogP contribution in [0.4, 0.5) is 0 Å². The highest BCUT2D eigenvalue weighted by molar-refractivity contribution is 8.00. The van der Waals surface area contributed by atoms with Crippen LogP contribution in [0.2, 0.25) is 0 Å². The Hall–Kier alpha value is 0.530. The Labute approximate surface area is 222 Å². The third-order valence-electron chi connectivity index (χ3n) is 4.90. The SMILES string of the molecule is CC(C)SCCN(CCSC(C)C)Cc1cc(CN(CCSC(C)C)CCSC(C)C)[nH]n1. The molecular formula is C25H50N4S4. The maximum Gasteiger partial charge on any atom is 0.0765 e. The number of aromatic nitrogens is 2. The second-order valence-electron chi connectivity index (χ2n) is 9.61. The van der Waals surface area contributed by atoms with E-state index in [0.29, 0.717) is 21.0 Å². The second kappa shape index (κ2) is 18.8. The van der Waals surface area contributed by atoms with Gasteiger partial charge in [-0.1, -0.05) is 55.4 Å². The van der Waals surface area contributed by atoms with Gasteiger partial charge in [0.2, 0.25) is 0 Å². The van der Waals surface area contributed by atoms with Gasteiger partial charge >= 0.3 is 0 Å². The van der Waals surface area contributed by atoms with Gasteiger partial charge in [0.1, 0.15) is 0 Å². The Balaban J connectivity index is 2.65. The summed E-state index contributed by atoms with van der Waals surface area (Å²) in [7, 11) is 0. The molecule has 1 rings (SSSR count). The van der Waals surface area contributed by atoms with Crippen molar-refractivity contribution in [3.05, 3.63) is 17.5 Å². The van der Waals surface area contributed by atoms with Gasteiger partial charge in [-0.15, -0.1) is 0 Å². The van der Waals surface area contributed by atoms with Crippen molar-refractivity contribution in [3.8, 4) is 0 Å². The fourth-order valence-electron chi connectivity index (χ4n) is 3.25. The Kier molecular flexibility index (Phi) is 17.9. The first-order valence-corrected chi connectivity index (χ1v) is 16.8. The van der Waals surface area contributed by atoms with Gasteiger partial charge in [0.25, 0.3) is 0 Å². The van der Waals surface area contributed by atoms with E-state index in [-0.39, 0.29) is 0 Å². The minimum atomic E-state index is 0.697. The molecule has 0 aromatic carbocycles. The molecule has 8 heteroatoms. The zero-order valence-corrected chi connectivity index (χ0v) is 25.7. The van der Waals surface area contributed by atoms with Crippen molar-refractivity contribution in [2.45, 2.75) is 89.5 Å². The van der Waals surface area contributed by atoms with Crippen molar-refractivity contribution < 1.29 is 0 Å². The van der Waals surface area contributed by atoms with Crippen molar-refractivity contribution in [1.29, 1.82) is 0 Å². The van der Waals surface area contributed by atoms with Crippen LogP contribution in [0, 0.1) is 0 Å². The van der Waals surface area contributed by atoms with Crippen molar-refractivity contribution in [2.24, 2.45) is 0 Å². The first kappa shape index (κ1) is 31.6. The van der Waals surface area contributed by atoms with Gasteiger partial charge in [-0.05, 0) is 27.1 Å². The fourth-order valence-corrected chi connectivity index (χ4v) is 6.59. The zero-order chi connectivity index (χ0) is 24.6. The molecule has 0 aliphatic rings. The lowest BCUT2D eigenvalue weighted by molar-refractivity contribution is 0.296. The molecule has 1 aromatic rings. The third kappa shape index (κ3) is 17.6. The van der Waals surface area contributed by atoms with Crippen molar-refractivity contribution in [3.63, 3.8) is 0 Å². The van der Waals surface area contributed by atoms with Gasteiger partial charge < -0.3 is 0 Å². The molecule has 0 aliphatic carbocycles. The topological polar surface area (TPSA) is 35.2 Å². The van der Waals surface area contributed by atoms with Gasteiger partial charge in [-0.25, -0.2) is 0 Å². The van der Waals surface area contributed by atoms with Crippen LogP contribution in [-0.2, 0) is 13.1 Å². The Morgan fingerprint density at radius 2 is 1.00 bits per heavy atom. The minimum absolute atomic E-state index is 0.697. The molecule has 0 atom stereocenters. The van der Waals surface area contributed by atoms with E-state index in [0.717, 1.165) is 39.3 Å². The number of H-pyrrole nitrogens is 1. The van der Waals surface area contributed by atoms with E-state index in [1.165, 1.54) is 34.4 Å². The molecule has 33 heavy (non-hydrogen) atoms. The van der Waals surface area contributed by atoms with E-state index >= 15 is 0 Å². The first-order chi connectivity index (χ1) is 15.7. The summed E-state index contributed by atoms with van der Waals surface area (Å²) in [5.74, 6) is 4.77. The molecule has 0 aliphatic heterocycles. The zero-order valence-electron chi connectivity index (χ0n) is 22.4. The largest absolute Gasteiger partial charge is 0.296 e. The van der Waals surface area contributed by atoms with Crippen LogP contribution < -0.4 is 0 Å². The molecule has 4 nitrogen and oxygen atoms in total. The number of hydrogen-bond donors (Lipinski definition) is 1. The monoisotopic (exact) mass is 534 g/mol. The second-order valence-corrected chi connectivity index (χ2v) is 16.4. The molecule has 0 bridgehead atoms. The summed E-state index contributed by atoms with van der Waals surface area (Å²) in [6, 6.07) is 2.30. The molecule has 0 amide bonds. The average Bonchev–Trinajstić information content (AvgIpc) is 3.13. The summed E-state index contributed by atoms with van der Waals surface area (Å²) in [6.07, 6.45) is 0. The van der Waals surface area contributed by atoms with Crippen LogP contribution in [0.1, 0.15) is 66.8 Å². The smallest absolute Gasteiger partial charge is 0.0765 e. The van der Waals surface area contributed by atoms with Crippen molar-refractivity contribution >= 4 is 47.0 Å². The number of thioether (sulfide) groups is 4. The van der Waals surface area contributed by atoms with Gasteiger partial charge in [-0.3, -0.25) is 14.9 Å². The Bertz CT molecular complexity index is 516. The summed E-state index contributed by atoms with van der Waals surface area (Å²) >= 11 is 8.23. The number of nitrogens with one attached hydrogen (secondary N) is 1. The molecule has 0 unspecified atom stereocenters. The lowest BCUT2D eigenvalue weighted by Crippen LogP contribution is -2.29. The third-order valence-corrected chi connectivity index (χ3v) is 9.24. The summed E-state index contributed by atoms with van der Waals surface area (Å²) < 4.78 is 0. The minimum Gasteiger partial charge on any atom is -0.296 e. The molecule has 0 radical (unpaired) electrons. The Morgan fingerprint density at radius 3 is 1.36 bits per heavy atom. The molecule has 0 saturated heterocycles. The summed E-state index contributed by atoms with van der Waals surface area (Å²) in [6.45, 7) is 24.8. The normalized spacial score (nSPS) is 12.5. The van der Waals surface area contributed by atoms with Crippen LogP contribution >= 0.6 is 47.0 Å².